The molecule has 158 valence electrons. The first-order valence-electron chi connectivity index (χ1n) is 9.45. The Balaban J connectivity index is 1.67. The van der Waals surface area contributed by atoms with Crippen molar-refractivity contribution < 1.29 is 29.6 Å². The van der Waals surface area contributed by atoms with Crippen LogP contribution in [0.4, 0.5) is 5.69 Å². The van der Waals surface area contributed by atoms with Crippen LogP contribution in [-0.4, -0.2) is 62.7 Å². The molecule has 3 aromatic rings. The maximum atomic E-state index is 12.6. The molecule has 1 aromatic carbocycles. The molecule has 1 aliphatic rings. The molecular weight excluding hydrogens is 392 g/mol. The third-order valence-corrected chi connectivity index (χ3v) is 5.37. The standard InChI is InChI=1S/C21H22N2O7/c1-10-13-3-2-12(23-17-19(26)18(25)15(9-24)30-21(17)28)8-14(13)29-20(27)16(10)11-4-6-22-7-5-11/h2-8,15,17-19,21,23-26,28H,9H2,1H3/t15?,17?,18-,19-,21-/m0/s1. The Kier molecular flexibility index (Phi) is 5.54. The van der Waals surface area contributed by atoms with Crippen LogP contribution in [0.5, 0.6) is 0 Å². The van der Waals surface area contributed by atoms with Crippen LogP contribution < -0.4 is 10.9 Å². The van der Waals surface area contributed by atoms with Gasteiger partial charge in [-0.05, 0) is 42.3 Å². The zero-order chi connectivity index (χ0) is 21.4. The van der Waals surface area contributed by atoms with Gasteiger partial charge < -0.3 is 34.9 Å². The molecule has 5 atom stereocenters. The van der Waals surface area contributed by atoms with E-state index >= 15 is 0 Å². The number of fused-ring (bicyclic) bond motifs is 1. The number of ether oxygens (including phenoxy) is 1. The average Bonchev–Trinajstić information content (AvgIpc) is 2.74. The SMILES string of the molecule is Cc1c(-c2ccncc2)c(=O)oc2cc(NC3[C@@H](O)OC(CO)[C@H](O)[C@H]3O)ccc12. The molecule has 1 aliphatic heterocycles. The Morgan fingerprint density at radius 3 is 2.53 bits per heavy atom. The molecule has 2 unspecified atom stereocenters. The number of aliphatic hydroxyl groups is 4. The number of nitrogens with zero attached hydrogens (tertiary/aromatic N) is 1. The lowest BCUT2D eigenvalue weighted by Crippen LogP contribution is -2.61. The van der Waals surface area contributed by atoms with Crippen LogP contribution in [0.2, 0.25) is 0 Å². The first-order valence-corrected chi connectivity index (χ1v) is 9.45. The summed E-state index contributed by atoms with van der Waals surface area (Å²) < 4.78 is 10.7. The number of nitrogens with one attached hydrogen (secondary N) is 1. The average molecular weight is 414 g/mol. The molecule has 2 aromatic heterocycles. The second-order valence-corrected chi connectivity index (χ2v) is 7.24. The summed E-state index contributed by atoms with van der Waals surface area (Å²) in [5.41, 5.74) is 2.19. The molecule has 30 heavy (non-hydrogen) atoms. The highest BCUT2D eigenvalue weighted by molar-refractivity contribution is 5.88. The number of aryl methyl sites for hydroxylation is 1. The van der Waals surface area contributed by atoms with Gasteiger partial charge in [0.15, 0.2) is 6.29 Å². The third-order valence-electron chi connectivity index (χ3n) is 5.37. The lowest BCUT2D eigenvalue weighted by Gasteiger charge is -2.40. The van der Waals surface area contributed by atoms with Gasteiger partial charge in [0.2, 0.25) is 0 Å². The molecule has 0 spiro atoms. The van der Waals surface area contributed by atoms with Crippen LogP contribution in [0.25, 0.3) is 22.1 Å². The highest BCUT2D eigenvalue weighted by atomic mass is 16.6. The van der Waals surface area contributed by atoms with Crippen LogP contribution in [0.15, 0.2) is 51.9 Å². The molecule has 0 bridgehead atoms. The molecule has 5 N–H and O–H groups in total. The number of anilines is 1. The summed E-state index contributed by atoms with van der Waals surface area (Å²) in [5, 5.41) is 43.3. The normalized spacial score (nSPS) is 26.6. The highest BCUT2D eigenvalue weighted by Gasteiger charge is 2.43. The largest absolute Gasteiger partial charge is 0.422 e. The fraction of sp³-hybridized carbons (Fsp3) is 0.333. The monoisotopic (exact) mass is 414 g/mol. The Hall–Kier alpha value is -2.82. The van der Waals surface area contributed by atoms with Crippen molar-refractivity contribution in [2.45, 2.75) is 37.6 Å². The van der Waals surface area contributed by atoms with E-state index in [0.717, 1.165) is 10.9 Å². The lowest BCUT2D eigenvalue weighted by atomic mass is 9.96. The number of hydrogen-bond acceptors (Lipinski definition) is 9. The van der Waals surface area contributed by atoms with E-state index in [1.807, 2.05) is 6.92 Å². The van der Waals surface area contributed by atoms with Crippen molar-refractivity contribution in [2.75, 3.05) is 11.9 Å². The molecule has 1 saturated heterocycles. The predicted octanol–water partition coefficient (Wildman–Crippen LogP) is 0.375. The van der Waals surface area contributed by atoms with E-state index in [9.17, 15) is 25.2 Å². The number of aliphatic hydroxyl groups excluding tert-OH is 4. The number of benzene rings is 1. The molecule has 9 heteroatoms. The minimum Gasteiger partial charge on any atom is -0.422 e. The van der Waals surface area contributed by atoms with Gasteiger partial charge in [-0.3, -0.25) is 4.98 Å². The molecular formula is C21H22N2O7. The van der Waals surface area contributed by atoms with Gasteiger partial charge in [-0.15, -0.1) is 0 Å². The van der Waals surface area contributed by atoms with Crippen LogP contribution in [0.1, 0.15) is 5.56 Å². The van der Waals surface area contributed by atoms with Crippen molar-refractivity contribution in [3.63, 3.8) is 0 Å². The molecule has 9 nitrogen and oxygen atoms in total. The predicted molar refractivity (Wildman–Crippen MR) is 108 cm³/mol. The number of rotatable bonds is 4. The Morgan fingerprint density at radius 1 is 1.10 bits per heavy atom. The van der Waals surface area contributed by atoms with Gasteiger partial charge in [0.1, 0.15) is 29.9 Å². The molecule has 0 aliphatic carbocycles. The molecule has 3 heterocycles. The smallest absolute Gasteiger partial charge is 0.344 e. The van der Waals surface area contributed by atoms with Gasteiger partial charge >= 0.3 is 5.63 Å². The first-order chi connectivity index (χ1) is 14.4. The summed E-state index contributed by atoms with van der Waals surface area (Å²) in [6, 6.07) is 7.45. The third kappa shape index (κ3) is 3.57. The quantitative estimate of drug-likeness (QED) is 0.382. The molecule has 0 radical (unpaired) electrons. The van der Waals surface area contributed by atoms with E-state index in [2.05, 4.69) is 10.3 Å². The molecule has 0 amide bonds. The summed E-state index contributed by atoms with van der Waals surface area (Å²) in [5.74, 6) is 0. The van der Waals surface area contributed by atoms with Crippen LogP contribution >= 0.6 is 0 Å². The number of pyridine rings is 1. The van der Waals surface area contributed by atoms with E-state index in [4.69, 9.17) is 9.15 Å². The zero-order valence-electron chi connectivity index (χ0n) is 16.1. The number of aromatic nitrogens is 1. The minimum absolute atomic E-state index is 0.329. The lowest BCUT2D eigenvalue weighted by molar-refractivity contribution is -0.245. The van der Waals surface area contributed by atoms with Crippen molar-refractivity contribution in [2.24, 2.45) is 0 Å². The summed E-state index contributed by atoms with van der Waals surface area (Å²) in [6.45, 7) is 1.29. The Bertz CT molecular complexity index is 1100. The highest BCUT2D eigenvalue weighted by Crippen LogP contribution is 2.29. The van der Waals surface area contributed by atoms with Crippen molar-refractivity contribution in [3.05, 3.63) is 58.7 Å². The number of hydrogen-bond donors (Lipinski definition) is 5. The van der Waals surface area contributed by atoms with Crippen molar-refractivity contribution in [3.8, 4) is 11.1 Å². The van der Waals surface area contributed by atoms with Gasteiger partial charge in [0.25, 0.3) is 0 Å². The Labute approximate surface area is 171 Å². The first kappa shape index (κ1) is 20.5. The van der Waals surface area contributed by atoms with Gasteiger partial charge in [0, 0.05) is 29.5 Å². The van der Waals surface area contributed by atoms with Crippen molar-refractivity contribution in [1.82, 2.24) is 4.98 Å². The Morgan fingerprint density at radius 2 is 1.83 bits per heavy atom. The topological polar surface area (TPSA) is 145 Å². The van der Waals surface area contributed by atoms with Crippen molar-refractivity contribution in [1.29, 1.82) is 0 Å². The summed E-state index contributed by atoms with van der Waals surface area (Å²) in [4.78, 5) is 16.6. The van der Waals surface area contributed by atoms with Gasteiger partial charge in [-0.25, -0.2) is 4.79 Å². The second-order valence-electron chi connectivity index (χ2n) is 7.24. The molecule has 4 rings (SSSR count). The molecule has 1 fully saturated rings. The van der Waals surface area contributed by atoms with E-state index < -0.39 is 42.9 Å². The van der Waals surface area contributed by atoms with Crippen LogP contribution in [-0.2, 0) is 4.74 Å². The maximum Gasteiger partial charge on any atom is 0.344 e. The second kappa shape index (κ2) is 8.13. The van der Waals surface area contributed by atoms with E-state index in [1.165, 1.54) is 0 Å². The van der Waals surface area contributed by atoms with E-state index in [-0.39, 0.29) is 0 Å². The van der Waals surface area contributed by atoms with Gasteiger partial charge in [-0.2, -0.15) is 0 Å². The van der Waals surface area contributed by atoms with Gasteiger partial charge in [-0.1, -0.05) is 0 Å². The zero-order valence-corrected chi connectivity index (χ0v) is 16.1. The summed E-state index contributed by atoms with van der Waals surface area (Å²) in [6.07, 6.45) is -2.10. The fourth-order valence-corrected chi connectivity index (χ4v) is 3.74. The maximum absolute atomic E-state index is 12.6. The van der Waals surface area contributed by atoms with Crippen LogP contribution in [0, 0.1) is 6.92 Å². The van der Waals surface area contributed by atoms with Crippen molar-refractivity contribution >= 4 is 16.7 Å². The van der Waals surface area contributed by atoms with Gasteiger partial charge in [0.05, 0.1) is 12.2 Å². The van der Waals surface area contributed by atoms with E-state index in [0.29, 0.717) is 22.4 Å². The van der Waals surface area contributed by atoms with Crippen LogP contribution in [0.3, 0.4) is 0 Å². The summed E-state index contributed by atoms with van der Waals surface area (Å²) in [7, 11) is 0. The fourth-order valence-electron chi connectivity index (χ4n) is 3.74. The molecule has 0 saturated carbocycles. The minimum atomic E-state index is -1.46. The van der Waals surface area contributed by atoms with E-state index in [1.54, 1.807) is 42.7 Å². The summed E-state index contributed by atoms with van der Waals surface area (Å²) >= 11 is 0.